The van der Waals surface area contributed by atoms with Gasteiger partial charge in [-0.3, -0.25) is 4.79 Å². The van der Waals surface area contributed by atoms with E-state index in [2.05, 4.69) is 22.6 Å². The predicted molar refractivity (Wildman–Crippen MR) is 93.8 cm³/mol. The maximum absolute atomic E-state index is 12.2. The second-order valence-electron chi connectivity index (χ2n) is 5.26. The molecule has 1 heterocycles. The summed E-state index contributed by atoms with van der Waals surface area (Å²) in [5.74, 6) is -0.233. The Morgan fingerprint density at radius 2 is 2.21 bits per heavy atom. The molecule has 7 nitrogen and oxygen atoms in total. The highest BCUT2D eigenvalue weighted by atomic mass is 32.2. The van der Waals surface area contributed by atoms with Crippen molar-refractivity contribution in [2.24, 2.45) is 0 Å². The molecule has 2 rings (SSSR count). The Morgan fingerprint density at radius 3 is 2.88 bits per heavy atom. The molecule has 0 fully saturated rings. The van der Waals surface area contributed by atoms with Gasteiger partial charge >= 0.3 is 5.97 Å². The van der Waals surface area contributed by atoms with E-state index in [0.717, 1.165) is 18.6 Å². The fourth-order valence-corrected chi connectivity index (χ4v) is 2.96. The summed E-state index contributed by atoms with van der Waals surface area (Å²) in [6.45, 7) is 4.01. The predicted octanol–water partition coefficient (Wildman–Crippen LogP) is 2.83. The van der Waals surface area contributed by atoms with Crippen LogP contribution in [0.2, 0.25) is 0 Å². The number of carboxylic acids is 1. The van der Waals surface area contributed by atoms with Crippen molar-refractivity contribution in [1.29, 1.82) is 0 Å². The smallest absolute Gasteiger partial charge is 0.358 e. The second kappa shape index (κ2) is 8.49. The summed E-state index contributed by atoms with van der Waals surface area (Å²) >= 11 is 1.63. The Morgan fingerprint density at radius 1 is 1.42 bits per heavy atom. The number of unbranched alkanes of at least 4 members (excludes halogenated alkanes) is 1. The Labute approximate surface area is 144 Å². The SMILES string of the molecule is CCCCSC(C)C(=O)Nc1cccc(-n2cc(C(=O)O)nn2)c1. The van der Waals surface area contributed by atoms with E-state index in [0.29, 0.717) is 11.4 Å². The van der Waals surface area contributed by atoms with E-state index < -0.39 is 5.97 Å². The molecule has 0 saturated carbocycles. The summed E-state index contributed by atoms with van der Waals surface area (Å²) in [6, 6.07) is 7.03. The monoisotopic (exact) mass is 348 g/mol. The molecule has 1 amide bonds. The van der Waals surface area contributed by atoms with Crippen LogP contribution in [0, 0.1) is 0 Å². The van der Waals surface area contributed by atoms with Gasteiger partial charge in [0.1, 0.15) is 0 Å². The molecule has 0 saturated heterocycles. The van der Waals surface area contributed by atoms with Gasteiger partial charge in [0.05, 0.1) is 17.1 Å². The summed E-state index contributed by atoms with van der Waals surface area (Å²) in [7, 11) is 0. The lowest BCUT2D eigenvalue weighted by Gasteiger charge is -2.12. The van der Waals surface area contributed by atoms with Crippen molar-refractivity contribution in [3.63, 3.8) is 0 Å². The molecule has 0 bridgehead atoms. The van der Waals surface area contributed by atoms with Crippen LogP contribution in [0.15, 0.2) is 30.5 Å². The lowest BCUT2D eigenvalue weighted by Crippen LogP contribution is -2.22. The van der Waals surface area contributed by atoms with Crippen molar-refractivity contribution >= 4 is 29.3 Å². The number of hydrogen-bond donors (Lipinski definition) is 2. The first-order chi connectivity index (χ1) is 11.5. The molecule has 8 heteroatoms. The number of benzene rings is 1. The van der Waals surface area contributed by atoms with Crippen LogP contribution < -0.4 is 5.32 Å². The van der Waals surface area contributed by atoms with Gasteiger partial charge in [-0.1, -0.05) is 24.6 Å². The summed E-state index contributed by atoms with van der Waals surface area (Å²) < 4.78 is 1.36. The summed E-state index contributed by atoms with van der Waals surface area (Å²) in [6.07, 6.45) is 3.53. The molecule has 1 aromatic heterocycles. The zero-order chi connectivity index (χ0) is 17.5. The van der Waals surface area contributed by atoms with Crippen molar-refractivity contribution in [2.75, 3.05) is 11.1 Å². The van der Waals surface area contributed by atoms with Crippen LogP contribution in [0.3, 0.4) is 0 Å². The van der Waals surface area contributed by atoms with Crippen molar-refractivity contribution < 1.29 is 14.7 Å². The average Bonchev–Trinajstić information content (AvgIpc) is 3.05. The van der Waals surface area contributed by atoms with E-state index >= 15 is 0 Å². The lowest BCUT2D eigenvalue weighted by molar-refractivity contribution is -0.115. The number of carbonyl (C=O) groups excluding carboxylic acids is 1. The number of nitrogens with one attached hydrogen (secondary N) is 1. The average molecular weight is 348 g/mol. The Kier molecular flexibility index (Phi) is 6.36. The fourth-order valence-electron chi connectivity index (χ4n) is 1.94. The van der Waals surface area contributed by atoms with Gasteiger partial charge in [-0.05, 0) is 37.3 Å². The topological polar surface area (TPSA) is 97.1 Å². The van der Waals surface area contributed by atoms with Gasteiger partial charge in [-0.15, -0.1) is 16.9 Å². The van der Waals surface area contributed by atoms with Crippen LogP contribution in [-0.4, -0.2) is 43.0 Å². The molecule has 1 atom stereocenters. The zero-order valence-electron chi connectivity index (χ0n) is 13.6. The van der Waals surface area contributed by atoms with Crippen LogP contribution in [0.25, 0.3) is 5.69 Å². The molecule has 2 aromatic rings. The van der Waals surface area contributed by atoms with E-state index in [9.17, 15) is 9.59 Å². The highest BCUT2D eigenvalue weighted by Gasteiger charge is 2.14. The van der Waals surface area contributed by atoms with Gasteiger partial charge in [0.15, 0.2) is 5.69 Å². The van der Waals surface area contributed by atoms with Crippen molar-refractivity contribution in [1.82, 2.24) is 15.0 Å². The molecule has 24 heavy (non-hydrogen) atoms. The molecule has 0 spiro atoms. The number of thioether (sulfide) groups is 1. The van der Waals surface area contributed by atoms with Gasteiger partial charge in [0, 0.05) is 5.69 Å². The van der Waals surface area contributed by atoms with Gasteiger partial charge in [0.25, 0.3) is 0 Å². The maximum atomic E-state index is 12.2. The molecule has 0 aliphatic carbocycles. The van der Waals surface area contributed by atoms with Gasteiger partial charge in [-0.25, -0.2) is 9.48 Å². The van der Waals surface area contributed by atoms with Gasteiger partial charge < -0.3 is 10.4 Å². The molecular weight excluding hydrogens is 328 g/mol. The van der Waals surface area contributed by atoms with Crippen LogP contribution in [-0.2, 0) is 4.79 Å². The molecule has 0 aliphatic heterocycles. The number of amides is 1. The third-order valence-electron chi connectivity index (χ3n) is 3.33. The highest BCUT2D eigenvalue weighted by molar-refractivity contribution is 8.00. The van der Waals surface area contributed by atoms with E-state index in [1.54, 1.807) is 36.0 Å². The number of carboxylic acid groups (broad SMARTS) is 1. The first-order valence-electron chi connectivity index (χ1n) is 7.69. The zero-order valence-corrected chi connectivity index (χ0v) is 14.4. The van der Waals surface area contributed by atoms with Crippen LogP contribution in [0.1, 0.15) is 37.2 Å². The highest BCUT2D eigenvalue weighted by Crippen LogP contribution is 2.18. The van der Waals surface area contributed by atoms with Gasteiger partial charge in [-0.2, -0.15) is 0 Å². The number of carbonyl (C=O) groups is 2. The minimum atomic E-state index is -1.14. The molecule has 0 radical (unpaired) electrons. The largest absolute Gasteiger partial charge is 0.476 e. The van der Waals surface area contributed by atoms with Gasteiger partial charge in [0.2, 0.25) is 5.91 Å². The third kappa shape index (κ3) is 4.82. The Hall–Kier alpha value is -2.35. The quantitative estimate of drug-likeness (QED) is 0.712. The van der Waals surface area contributed by atoms with E-state index in [4.69, 9.17) is 5.11 Å². The number of aromatic carboxylic acids is 1. The third-order valence-corrected chi connectivity index (χ3v) is 4.56. The van der Waals surface area contributed by atoms with Crippen molar-refractivity contribution in [3.8, 4) is 5.69 Å². The van der Waals surface area contributed by atoms with E-state index in [-0.39, 0.29) is 16.9 Å². The molecule has 0 aliphatic rings. The molecule has 2 N–H and O–H groups in total. The van der Waals surface area contributed by atoms with E-state index in [1.807, 2.05) is 6.92 Å². The Balaban J connectivity index is 2.04. The normalized spacial score (nSPS) is 11.9. The summed E-state index contributed by atoms with van der Waals surface area (Å²) in [4.78, 5) is 23.1. The molecule has 1 unspecified atom stereocenters. The summed E-state index contributed by atoms with van der Waals surface area (Å²) in [5, 5.41) is 19.0. The van der Waals surface area contributed by atoms with Crippen molar-refractivity contribution in [3.05, 3.63) is 36.2 Å². The maximum Gasteiger partial charge on any atom is 0.358 e. The first kappa shape index (κ1) is 18.0. The number of anilines is 1. The van der Waals surface area contributed by atoms with Crippen molar-refractivity contribution in [2.45, 2.75) is 31.9 Å². The standard InChI is InChI=1S/C16H20N4O3S/c1-3-4-8-24-11(2)15(21)17-12-6-5-7-13(9-12)20-10-14(16(22)23)18-19-20/h5-7,9-11H,3-4,8H2,1-2H3,(H,17,21)(H,22,23). The Bertz CT molecular complexity index is 717. The first-order valence-corrected chi connectivity index (χ1v) is 8.74. The molecule has 128 valence electrons. The molecular formula is C16H20N4O3S. The van der Waals surface area contributed by atoms with Crippen LogP contribution >= 0.6 is 11.8 Å². The lowest BCUT2D eigenvalue weighted by atomic mass is 10.2. The fraction of sp³-hybridized carbons (Fsp3) is 0.375. The van der Waals surface area contributed by atoms with E-state index in [1.165, 1.54) is 10.9 Å². The van der Waals surface area contributed by atoms with Crippen LogP contribution in [0.5, 0.6) is 0 Å². The second-order valence-corrected chi connectivity index (χ2v) is 6.71. The number of hydrogen-bond acceptors (Lipinski definition) is 5. The minimum Gasteiger partial charge on any atom is -0.476 e. The molecule has 1 aromatic carbocycles. The minimum absolute atomic E-state index is 0.0573. The van der Waals surface area contributed by atoms with Crippen LogP contribution in [0.4, 0.5) is 5.69 Å². The number of rotatable bonds is 8. The number of aromatic nitrogens is 3. The summed E-state index contributed by atoms with van der Waals surface area (Å²) in [5.41, 5.74) is 1.12. The number of nitrogens with zero attached hydrogens (tertiary/aromatic N) is 3.